The van der Waals surface area contributed by atoms with Crippen LogP contribution in [0, 0.1) is 0 Å². The van der Waals surface area contributed by atoms with Crippen LogP contribution in [0.15, 0.2) is 174 Å². The minimum atomic E-state index is -0.568. The van der Waals surface area contributed by atoms with E-state index in [1.165, 1.54) is 61.0 Å². The van der Waals surface area contributed by atoms with Crippen LogP contribution in [0.25, 0.3) is 84.0 Å². The van der Waals surface area contributed by atoms with Gasteiger partial charge in [0.15, 0.2) is 0 Å². The highest BCUT2D eigenvalue weighted by molar-refractivity contribution is 6.13. The van der Waals surface area contributed by atoms with Crippen molar-refractivity contribution in [1.82, 2.24) is 9.55 Å². The number of hydrogen-bond acceptors (Lipinski definition) is 2. The number of para-hydroxylation sites is 2. The zero-order chi connectivity index (χ0) is 34.7. The first-order valence-corrected chi connectivity index (χ1v) is 18.2. The smallest absolute Gasteiger partial charge is 0.145 e. The molecule has 0 N–H and O–H groups in total. The molecule has 0 saturated heterocycles. The van der Waals surface area contributed by atoms with Gasteiger partial charge in [-0.25, -0.2) is 4.98 Å². The van der Waals surface area contributed by atoms with Crippen molar-refractivity contribution in [2.75, 3.05) is 0 Å². The summed E-state index contributed by atoms with van der Waals surface area (Å²) in [5.41, 5.74) is 16.8. The van der Waals surface area contributed by atoms with E-state index in [1.54, 1.807) is 0 Å². The molecule has 10 aromatic rings. The summed E-state index contributed by atoms with van der Waals surface area (Å²) in [6, 6.07) is 59.6. The molecule has 2 aliphatic carbocycles. The lowest BCUT2D eigenvalue weighted by molar-refractivity contribution is 0.669. The number of aromatic nitrogens is 2. The van der Waals surface area contributed by atoms with Crippen LogP contribution in [-0.2, 0) is 5.41 Å². The van der Waals surface area contributed by atoms with Crippen molar-refractivity contribution >= 4 is 56.0 Å². The molecule has 2 aliphatic rings. The zero-order valence-electron chi connectivity index (χ0n) is 28.6. The van der Waals surface area contributed by atoms with Gasteiger partial charge in [0.2, 0.25) is 0 Å². The van der Waals surface area contributed by atoms with Gasteiger partial charge in [-0.3, -0.25) is 4.57 Å². The molecule has 3 heterocycles. The lowest BCUT2D eigenvalue weighted by atomic mass is 9.65. The Morgan fingerprint density at radius 1 is 0.491 bits per heavy atom. The molecule has 0 aliphatic heterocycles. The van der Waals surface area contributed by atoms with Crippen LogP contribution in [0.1, 0.15) is 33.4 Å². The molecule has 1 spiro atoms. The number of fused-ring (bicyclic) bond motifs is 16. The van der Waals surface area contributed by atoms with E-state index in [0.29, 0.717) is 0 Å². The van der Waals surface area contributed by atoms with Crippen LogP contribution in [0.4, 0.5) is 0 Å². The first kappa shape index (κ1) is 28.7. The summed E-state index contributed by atoms with van der Waals surface area (Å²) in [5, 5.41) is 4.63. The largest absolute Gasteiger partial charge is 0.455 e. The van der Waals surface area contributed by atoms with Gasteiger partial charge in [-0.15, -0.1) is 0 Å². The summed E-state index contributed by atoms with van der Waals surface area (Å²) in [5.74, 6) is 0. The summed E-state index contributed by atoms with van der Waals surface area (Å²) >= 11 is 0. The van der Waals surface area contributed by atoms with Gasteiger partial charge in [-0.2, -0.15) is 0 Å². The molecule has 0 saturated carbocycles. The van der Waals surface area contributed by atoms with Crippen LogP contribution in [0.2, 0.25) is 0 Å². The molecule has 7 aromatic carbocycles. The van der Waals surface area contributed by atoms with E-state index in [4.69, 9.17) is 9.40 Å². The normalized spacial score (nSPS) is 15.5. The minimum absolute atomic E-state index is 0.568. The van der Waals surface area contributed by atoms with Crippen LogP contribution in [-0.4, -0.2) is 9.55 Å². The Bertz CT molecular complexity index is 3180. The molecule has 1 unspecified atom stereocenters. The number of pyridine rings is 1. The quantitative estimate of drug-likeness (QED) is 0.183. The van der Waals surface area contributed by atoms with Crippen LogP contribution < -0.4 is 0 Å². The summed E-state index contributed by atoms with van der Waals surface area (Å²) in [6.45, 7) is 0. The molecule has 0 amide bonds. The average molecular weight is 675 g/mol. The number of hydrogen-bond donors (Lipinski definition) is 0. The Kier molecular flexibility index (Phi) is 5.70. The fourth-order valence-corrected chi connectivity index (χ4v) is 9.50. The van der Waals surface area contributed by atoms with Crippen molar-refractivity contribution in [2.24, 2.45) is 0 Å². The Hall–Kier alpha value is -6.97. The van der Waals surface area contributed by atoms with Crippen LogP contribution >= 0.6 is 0 Å². The van der Waals surface area contributed by atoms with E-state index in [9.17, 15) is 0 Å². The topological polar surface area (TPSA) is 31.0 Å². The number of furan rings is 1. The molecule has 12 rings (SSSR count). The van der Waals surface area contributed by atoms with Gasteiger partial charge in [-0.1, -0.05) is 127 Å². The maximum absolute atomic E-state index is 6.77. The van der Waals surface area contributed by atoms with Gasteiger partial charge in [0, 0.05) is 39.0 Å². The predicted octanol–water partition coefficient (Wildman–Crippen LogP) is 12.6. The Morgan fingerprint density at radius 3 is 2.15 bits per heavy atom. The molecule has 3 aromatic heterocycles. The Labute approximate surface area is 305 Å². The predicted molar refractivity (Wildman–Crippen MR) is 218 cm³/mol. The Balaban J connectivity index is 1.15. The van der Waals surface area contributed by atoms with E-state index in [1.807, 2.05) is 12.3 Å². The third-order valence-corrected chi connectivity index (χ3v) is 11.7. The zero-order valence-corrected chi connectivity index (χ0v) is 28.6. The second kappa shape index (κ2) is 10.5. The van der Waals surface area contributed by atoms with Crippen molar-refractivity contribution < 1.29 is 4.42 Å². The molecular formula is C50H30N2O. The van der Waals surface area contributed by atoms with E-state index in [-0.39, 0.29) is 0 Å². The van der Waals surface area contributed by atoms with Gasteiger partial charge in [0.1, 0.15) is 16.8 Å². The first-order valence-electron chi connectivity index (χ1n) is 18.2. The van der Waals surface area contributed by atoms with Gasteiger partial charge < -0.3 is 4.42 Å². The molecule has 3 nitrogen and oxygen atoms in total. The van der Waals surface area contributed by atoms with E-state index < -0.39 is 5.41 Å². The molecule has 1 atom stereocenters. The third kappa shape index (κ3) is 3.75. The Morgan fingerprint density at radius 2 is 1.23 bits per heavy atom. The number of benzene rings is 7. The average Bonchev–Trinajstić information content (AvgIpc) is 3.83. The van der Waals surface area contributed by atoms with Gasteiger partial charge in [0.05, 0.1) is 10.9 Å². The lowest BCUT2D eigenvalue weighted by Gasteiger charge is -2.35. The second-order valence-electron chi connectivity index (χ2n) is 14.3. The SMILES string of the molecule is C1=Cc2ccc(-c3ccc4c(c3)c3cccnc3n4-c3ccccc3)cc2C2(c3ccccc31)c1ccccc1-c1c2ccc2c1oc1ccccc12. The molecule has 0 bridgehead atoms. The lowest BCUT2D eigenvalue weighted by Crippen LogP contribution is -2.30. The maximum Gasteiger partial charge on any atom is 0.145 e. The highest BCUT2D eigenvalue weighted by Crippen LogP contribution is 2.60. The number of nitrogens with zero attached hydrogens (tertiary/aromatic N) is 2. The van der Waals surface area contributed by atoms with Crippen molar-refractivity contribution in [3.05, 3.63) is 203 Å². The minimum Gasteiger partial charge on any atom is -0.455 e. The van der Waals surface area contributed by atoms with Crippen molar-refractivity contribution in [3.63, 3.8) is 0 Å². The summed E-state index contributed by atoms with van der Waals surface area (Å²) in [4.78, 5) is 4.86. The molecule has 0 fully saturated rings. The van der Waals surface area contributed by atoms with Gasteiger partial charge in [0.25, 0.3) is 0 Å². The van der Waals surface area contributed by atoms with Crippen LogP contribution in [0.3, 0.4) is 0 Å². The molecule has 53 heavy (non-hydrogen) atoms. The molecular weight excluding hydrogens is 645 g/mol. The fourth-order valence-electron chi connectivity index (χ4n) is 9.50. The van der Waals surface area contributed by atoms with Gasteiger partial charge >= 0.3 is 0 Å². The van der Waals surface area contributed by atoms with E-state index >= 15 is 0 Å². The third-order valence-electron chi connectivity index (χ3n) is 11.7. The number of rotatable bonds is 2. The van der Waals surface area contributed by atoms with E-state index in [2.05, 4.69) is 174 Å². The first-order chi connectivity index (χ1) is 26.3. The molecule has 0 radical (unpaired) electrons. The fraction of sp³-hybridized carbons (Fsp3) is 0.0200. The van der Waals surface area contributed by atoms with Gasteiger partial charge in [-0.05, 0) is 98.6 Å². The monoisotopic (exact) mass is 674 g/mol. The van der Waals surface area contributed by atoms with Crippen molar-refractivity contribution in [1.29, 1.82) is 0 Å². The maximum atomic E-state index is 6.77. The highest BCUT2D eigenvalue weighted by atomic mass is 16.3. The second-order valence-corrected chi connectivity index (χ2v) is 14.3. The van der Waals surface area contributed by atoms with Crippen molar-refractivity contribution in [3.8, 4) is 27.9 Å². The molecule has 246 valence electrons. The van der Waals surface area contributed by atoms with Crippen molar-refractivity contribution in [2.45, 2.75) is 5.41 Å². The standard InChI is InChI=1S/C50H30N2O/c1-2-12-35(13-3-1)52-45-27-24-33(29-40(45)38-16-10-28-51-49(38)52)34-23-22-32-21-20-31-11-4-7-17-41(31)50(44(32)30-34)42-18-8-5-15-39(42)47-43(50)26-25-37-36-14-6-9-19-46(36)53-48(37)47/h1-30H. The summed E-state index contributed by atoms with van der Waals surface area (Å²) < 4.78 is 9.04. The highest BCUT2D eigenvalue weighted by Gasteiger charge is 2.49. The van der Waals surface area contributed by atoms with Crippen LogP contribution in [0.5, 0.6) is 0 Å². The summed E-state index contributed by atoms with van der Waals surface area (Å²) in [6.07, 6.45) is 6.48. The van der Waals surface area contributed by atoms with E-state index in [0.717, 1.165) is 44.2 Å². The molecule has 3 heteroatoms. The summed E-state index contributed by atoms with van der Waals surface area (Å²) in [7, 11) is 0.